The highest BCUT2D eigenvalue weighted by Gasteiger charge is 1.99. The minimum absolute atomic E-state index is 0. The lowest BCUT2D eigenvalue weighted by molar-refractivity contribution is -0.114. The van der Waals surface area contributed by atoms with Crippen LogP contribution in [0.2, 0.25) is 0 Å². The maximum atomic E-state index is 11.0. The van der Waals surface area contributed by atoms with Crippen LogP contribution in [0, 0.1) is 5.92 Å². The van der Waals surface area contributed by atoms with Crippen LogP contribution in [-0.4, -0.2) is 31.6 Å². The molecule has 0 radical (unpaired) electrons. The van der Waals surface area contributed by atoms with Gasteiger partial charge in [-0.2, -0.15) is 0 Å². The first-order valence-electron chi connectivity index (χ1n) is 7.51. The third kappa shape index (κ3) is 10.8. The Balaban J connectivity index is 0.00000484. The van der Waals surface area contributed by atoms with Crippen LogP contribution in [0.4, 0.5) is 5.69 Å². The average Bonchev–Trinajstić information content (AvgIpc) is 2.43. The number of rotatable bonds is 8. The summed E-state index contributed by atoms with van der Waals surface area (Å²) in [5.41, 5.74) is 6.47. The molecule has 0 saturated heterocycles. The summed E-state index contributed by atoms with van der Waals surface area (Å²) in [6.45, 7) is 7.55. The lowest BCUT2D eigenvalue weighted by Crippen LogP contribution is -2.34. The van der Waals surface area contributed by atoms with Crippen molar-refractivity contribution in [2.24, 2.45) is 16.6 Å². The van der Waals surface area contributed by atoms with Crippen molar-refractivity contribution in [3.63, 3.8) is 0 Å². The van der Waals surface area contributed by atoms with Gasteiger partial charge in [0.15, 0.2) is 5.96 Å². The highest BCUT2D eigenvalue weighted by Crippen LogP contribution is 2.16. The summed E-state index contributed by atoms with van der Waals surface area (Å²) in [5.74, 6) is 1.65. The Morgan fingerprint density at radius 1 is 1.39 bits per heavy atom. The summed E-state index contributed by atoms with van der Waals surface area (Å²) in [7, 11) is 0. The number of nitrogens with two attached hydrogens (primary N) is 1. The fourth-order valence-electron chi connectivity index (χ4n) is 1.71. The Kier molecular flexibility index (Phi) is 11.2. The topological polar surface area (TPSA) is 88.7 Å². The SMILES string of the molecule is CC(=O)Nc1cccc(OCCNC(N)=NCCC(C)C)c1.I. The number of carbonyl (C=O) groups is 1. The molecule has 4 N–H and O–H groups in total. The minimum Gasteiger partial charge on any atom is -0.492 e. The van der Waals surface area contributed by atoms with Crippen molar-refractivity contribution in [2.45, 2.75) is 27.2 Å². The Bertz CT molecular complexity index is 507. The van der Waals surface area contributed by atoms with E-state index < -0.39 is 0 Å². The predicted octanol–water partition coefficient (Wildman–Crippen LogP) is 2.59. The zero-order chi connectivity index (χ0) is 16.4. The molecule has 0 aliphatic rings. The molecular weight excluding hydrogens is 407 g/mol. The van der Waals surface area contributed by atoms with Crippen molar-refractivity contribution in [2.75, 3.05) is 25.0 Å². The van der Waals surface area contributed by atoms with Gasteiger partial charge in [-0.1, -0.05) is 19.9 Å². The number of anilines is 1. The number of nitrogens with one attached hydrogen (secondary N) is 2. The van der Waals surface area contributed by atoms with Crippen molar-refractivity contribution in [1.29, 1.82) is 0 Å². The van der Waals surface area contributed by atoms with Crippen molar-refractivity contribution in [1.82, 2.24) is 5.32 Å². The number of ether oxygens (including phenoxy) is 1. The number of hydrogen-bond donors (Lipinski definition) is 3. The summed E-state index contributed by atoms with van der Waals surface area (Å²) in [5, 5.41) is 5.72. The van der Waals surface area contributed by atoms with E-state index >= 15 is 0 Å². The normalized spacial score (nSPS) is 10.9. The van der Waals surface area contributed by atoms with Gasteiger partial charge in [-0.25, -0.2) is 0 Å². The standard InChI is InChI=1S/C16H26N4O2.HI/c1-12(2)7-8-18-16(17)19-9-10-22-15-6-4-5-14(11-15)20-13(3)21;/h4-6,11-12H,7-10H2,1-3H3,(H,20,21)(H3,17,18,19);1H. The molecule has 6 nitrogen and oxygen atoms in total. The number of carbonyl (C=O) groups excluding carboxylic acids is 1. The summed E-state index contributed by atoms with van der Waals surface area (Å²) in [6.07, 6.45) is 1.02. The van der Waals surface area contributed by atoms with Gasteiger partial charge in [-0.15, -0.1) is 24.0 Å². The largest absolute Gasteiger partial charge is 0.492 e. The zero-order valence-electron chi connectivity index (χ0n) is 14.0. The van der Waals surface area contributed by atoms with Crippen LogP contribution >= 0.6 is 24.0 Å². The van der Waals surface area contributed by atoms with Gasteiger partial charge in [0.05, 0.1) is 6.54 Å². The van der Waals surface area contributed by atoms with Crippen LogP contribution in [-0.2, 0) is 4.79 Å². The Hall–Kier alpha value is -1.51. The second kappa shape index (κ2) is 12.0. The van der Waals surface area contributed by atoms with Gasteiger partial charge in [-0.3, -0.25) is 9.79 Å². The van der Waals surface area contributed by atoms with Gasteiger partial charge in [0.2, 0.25) is 5.91 Å². The molecule has 130 valence electrons. The summed E-state index contributed by atoms with van der Waals surface area (Å²) >= 11 is 0. The van der Waals surface area contributed by atoms with Crippen molar-refractivity contribution in [3.8, 4) is 5.75 Å². The number of guanidine groups is 1. The molecule has 0 fully saturated rings. The van der Waals surface area contributed by atoms with Crippen LogP contribution in [0.25, 0.3) is 0 Å². The number of hydrogen-bond acceptors (Lipinski definition) is 3. The molecule has 0 aromatic heterocycles. The smallest absolute Gasteiger partial charge is 0.221 e. The van der Waals surface area contributed by atoms with E-state index in [1.54, 1.807) is 6.07 Å². The highest BCUT2D eigenvalue weighted by atomic mass is 127. The van der Waals surface area contributed by atoms with Crippen LogP contribution in [0.15, 0.2) is 29.3 Å². The molecule has 23 heavy (non-hydrogen) atoms. The van der Waals surface area contributed by atoms with Gasteiger partial charge in [0, 0.05) is 25.2 Å². The predicted molar refractivity (Wildman–Crippen MR) is 106 cm³/mol. The summed E-state index contributed by atoms with van der Waals surface area (Å²) < 4.78 is 5.60. The molecule has 0 atom stereocenters. The first kappa shape index (κ1) is 21.5. The van der Waals surface area contributed by atoms with E-state index in [0.717, 1.165) is 13.0 Å². The van der Waals surface area contributed by atoms with Crippen LogP contribution in [0.5, 0.6) is 5.75 Å². The van der Waals surface area contributed by atoms with Crippen molar-refractivity contribution in [3.05, 3.63) is 24.3 Å². The van der Waals surface area contributed by atoms with Crippen LogP contribution in [0.1, 0.15) is 27.2 Å². The third-order valence-corrected chi connectivity index (χ3v) is 2.82. The quantitative estimate of drug-likeness (QED) is 0.254. The van der Waals surface area contributed by atoms with Crippen LogP contribution < -0.4 is 21.1 Å². The van der Waals surface area contributed by atoms with Gasteiger partial charge in [0.25, 0.3) is 0 Å². The average molecular weight is 434 g/mol. The molecule has 0 aliphatic carbocycles. The summed E-state index contributed by atoms with van der Waals surface area (Å²) in [4.78, 5) is 15.2. The molecule has 0 unspecified atom stereocenters. The van der Waals surface area contributed by atoms with E-state index in [-0.39, 0.29) is 29.9 Å². The van der Waals surface area contributed by atoms with Crippen LogP contribution in [0.3, 0.4) is 0 Å². The highest BCUT2D eigenvalue weighted by molar-refractivity contribution is 14.0. The van der Waals surface area contributed by atoms with E-state index in [4.69, 9.17) is 10.5 Å². The summed E-state index contributed by atoms with van der Waals surface area (Å²) in [6, 6.07) is 7.26. The zero-order valence-corrected chi connectivity index (χ0v) is 16.3. The van der Waals surface area contributed by atoms with E-state index in [2.05, 4.69) is 29.5 Å². The maximum absolute atomic E-state index is 11.0. The van der Waals surface area contributed by atoms with E-state index in [1.807, 2.05) is 18.2 Å². The molecular formula is C16H27IN4O2. The minimum atomic E-state index is -0.107. The molecule has 1 amide bonds. The molecule has 0 saturated carbocycles. The van der Waals surface area contributed by atoms with Gasteiger partial charge < -0.3 is 21.1 Å². The number of benzene rings is 1. The fraction of sp³-hybridized carbons (Fsp3) is 0.500. The molecule has 0 aliphatic heterocycles. The number of amides is 1. The Labute approximate surface area is 155 Å². The molecule has 0 heterocycles. The van der Waals surface area contributed by atoms with E-state index in [0.29, 0.717) is 36.5 Å². The van der Waals surface area contributed by atoms with Gasteiger partial charge in [0.1, 0.15) is 12.4 Å². The fourth-order valence-corrected chi connectivity index (χ4v) is 1.71. The maximum Gasteiger partial charge on any atom is 0.221 e. The first-order chi connectivity index (χ1) is 10.5. The second-order valence-electron chi connectivity index (χ2n) is 5.43. The molecule has 1 aromatic rings. The molecule has 0 spiro atoms. The molecule has 1 aromatic carbocycles. The first-order valence-corrected chi connectivity index (χ1v) is 7.51. The Morgan fingerprint density at radius 2 is 2.13 bits per heavy atom. The molecule has 1 rings (SSSR count). The Morgan fingerprint density at radius 3 is 2.78 bits per heavy atom. The molecule has 0 bridgehead atoms. The lowest BCUT2D eigenvalue weighted by Gasteiger charge is -2.10. The van der Waals surface area contributed by atoms with Gasteiger partial charge >= 0.3 is 0 Å². The monoisotopic (exact) mass is 434 g/mol. The van der Waals surface area contributed by atoms with Crippen molar-refractivity contribution < 1.29 is 9.53 Å². The molecule has 7 heteroatoms. The third-order valence-electron chi connectivity index (χ3n) is 2.82. The number of halogens is 1. The van der Waals surface area contributed by atoms with E-state index in [1.165, 1.54) is 6.92 Å². The van der Waals surface area contributed by atoms with Crippen molar-refractivity contribution >= 4 is 41.5 Å². The number of nitrogens with zero attached hydrogens (tertiary/aromatic N) is 1. The van der Waals surface area contributed by atoms with Gasteiger partial charge in [-0.05, 0) is 24.5 Å². The lowest BCUT2D eigenvalue weighted by atomic mass is 10.1. The number of aliphatic imine (C=N–C) groups is 1. The van der Waals surface area contributed by atoms with E-state index in [9.17, 15) is 4.79 Å². The second-order valence-corrected chi connectivity index (χ2v) is 5.43.